The van der Waals surface area contributed by atoms with Gasteiger partial charge in [-0.15, -0.1) is 6.58 Å². The van der Waals surface area contributed by atoms with Crippen LogP contribution in [0.5, 0.6) is 0 Å². The van der Waals surface area contributed by atoms with Gasteiger partial charge in [0, 0.05) is 18.5 Å². The second-order valence-electron chi connectivity index (χ2n) is 5.53. The molecule has 3 aliphatic heterocycles. The van der Waals surface area contributed by atoms with Crippen LogP contribution in [0.25, 0.3) is 6.08 Å². The van der Waals surface area contributed by atoms with Gasteiger partial charge in [0.15, 0.2) is 5.78 Å². The smallest absolute Gasteiger partial charge is 0.185 e. The Balaban J connectivity index is 1.97. The summed E-state index contributed by atoms with van der Waals surface area (Å²) in [6.45, 7) is 5.82. The van der Waals surface area contributed by atoms with E-state index < -0.39 is 0 Å². The summed E-state index contributed by atoms with van der Waals surface area (Å²) in [5, 5.41) is 0. The average molecular weight is 253 g/mol. The van der Waals surface area contributed by atoms with E-state index in [1.54, 1.807) is 0 Å². The molecule has 3 heterocycles. The summed E-state index contributed by atoms with van der Waals surface area (Å²) < 4.78 is 0. The number of fused-ring (bicyclic) bond motifs is 3. The molecule has 4 rings (SSSR count). The predicted octanol–water partition coefficient (Wildman–Crippen LogP) is 3.27. The fourth-order valence-corrected chi connectivity index (χ4v) is 3.26. The number of ketones is 1. The Morgan fingerprint density at radius 3 is 2.53 bits per heavy atom. The molecule has 0 radical (unpaired) electrons. The van der Waals surface area contributed by atoms with Gasteiger partial charge in [-0.3, -0.25) is 4.79 Å². The lowest BCUT2D eigenvalue weighted by Crippen LogP contribution is -2.53. The minimum absolute atomic E-state index is 0.170. The molecule has 1 aromatic rings. The zero-order chi connectivity index (χ0) is 13.3. The summed E-state index contributed by atoms with van der Waals surface area (Å²) >= 11 is 0. The van der Waals surface area contributed by atoms with Crippen molar-refractivity contribution in [1.82, 2.24) is 4.90 Å². The predicted molar refractivity (Wildman–Crippen MR) is 77.5 cm³/mol. The van der Waals surface area contributed by atoms with Gasteiger partial charge in [0.1, 0.15) is 0 Å². The van der Waals surface area contributed by atoms with Crippen molar-refractivity contribution < 1.29 is 4.79 Å². The Labute approximate surface area is 114 Å². The molecule has 2 nitrogen and oxygen atoms in total. The molecule has 0 aliphatic carbocycles. The van der Waals surface area contributed by atoms with Crippen molar-refractivity contribution in [2.45, 2.75) is 19.3 Å². The molecule has 3 aliphatic rings. The molecule has 3 saturated heterocycles. The van der Waals surface area contributed by atoms with E-state index in [-0.39, 0.29) is 5.41 Å². The molecule has 0 unspecified atom stereocenters. The Kier molecular flexibility index (Phi) is 3.02. The van der Waals surface area contributed by atoms with Gasteiger partial charge in [0.05, 0.1) is 5.70 Å². The van der Waals surface area contributed by atoms with Crippen molar-refractivity contribution in [3.63, 3.8) is 0 Å². The fraction of sp³-hybridized carbons (Fsp3) is 0.353. The average Bonchev–Trinajstić information content (AvgIpc) is 2.45. The first-order valence-corrected chi connectivity index (χ1v) is 6.93. The maximum Gasteiger partial charge on any atom is 0.185 e. The first kappa shape index (κ1) is 12.2. The number of allylic oxidation sites excluding steroid dienone is 2. The topological polar surface area (TPSA) is 20.3 Å². The minimum Gasteiger partial charge on any atom is -0.369 e. The van der Waals surface area contributed by atoms with Gasteiger partial charge in [-0.05, 0) is 30.9 Å². The van der Waals surface area contributed by atoms with Crippen LogP contribution in [-0.2, 0) is 4.79 Å². The lowest BCUT2D eigenvalue weighted by molar-refractivity contribution is -0.134. The van der Waals surface area contributed by atoms with Gasteiger partial charge in [0.25, 0.3) is 0 Å². The first-order chi connectivity index (χ1) is 9.25. The molecular formula is C17H19NO. The van der Waals surface area contributed by atoms with Crippen molar-refractivity contribution in [3.05, 3.63) is 54.2 Å². The number of piperidine rings is 3. The molecule has 0 amide bonds. The number of carbonyl (C=O) groups is 1. The van der Waals surface area contributed by atoms with Crippen molar-refractivity contribution >= 4 is 11.9 Å². The third-order valence-corrected chi connectivity index (χ3v) is 4.41. The van der Waals surface area contributed by atoms with Crippen LogP contribution in [0.15, 0.2) is 48.7 Å². The molecular weight excluding hydrogens is 234 g/mol. The molecule has 0 aromatic heterocycles. The fourth-order valence-electron chi connectivity index (χ4n) is 3.26. The van der Waals surface area contributed by atoms with Crippen LogP contribution in [-0.4, -0.2) is 23.8 Å². The van der Waals surface area contributed by atoms with E-state index in [1.807, 2.05) is 42.5 Å². The number of nitrogens with zero attached hydrogens (tertiary/aromatic N) is 1. The Hall–Kier alpha value is -1.83. The zero-order valence-corrected chi connectivity index (χ0v) is 11.1. The third kappa shape index (κ3) is 2.01. The van der Waals surface area contributed by atoms with Crippen LogP contribution < -0.4 is 0 Å². The van der Waals surface area contributed by atoms with Crippen molar-refractivity contribution in [3.8, 4) is 0 Å². The largest absolute Gasteiger partial charge is 0.369 e. The summed E-state index contributed by atoms with van der Waals surface area (Å²) in [6, 6.07) is 10.1. The molecule has 2 bridgehead atoms. The van der Waals surface area contributed by atoms with Crippen LogP contribution in [0.1, 0.15) is 24.8 Å². The molecule has 19 heavy (non-hydrogen) atoms. The number of hydrogen-bond donors (Lipinski definition) is 0. The summed E-state index contributed by atoms with van der Waals surface area (Å²) in [5.41, 5.74) is 1.83. The molecule has 0 spiro atoms. The third-order valence-electron chi connectivity index (χ3n) is 4.41. The first-order valence-electron chi connectivity index (χ1n) is 6.93. The van der Waals surface area contributed by atoms with E-state index in [0.717, 1.165) is 43.6 Å². The molecule has 0 N–H and O–H groups in total. The van der Waals surface area contributed by atoms with Gasteiger partial charge in [-0.2, -0.15) is 0 Å². The van der Waals surface area contributed by atoms with E-state index in [9.17, 15) is 4.79 Å². The van der Waals surface area contributed by atoms with Crippen LogP contribution in [0, 0.1) is 5.41 Å². The second kappa shape index (κ2) is 4.69. The quantitative estimate of drug-likeness (QED) is 0.608. The number of hydrogen-bond acceptors (Lipinski definition) is 2. The van der Waals surface area contributed by atoms with E-state index in [0.29, 0.717) is 5.78 Å². The summed E-state index contributed by atoms with van der Waals surface area (Å²) in [5.74, 6) is 0.314. The van der Waals surface area contributed by atoms with E-state index >= 15 is 0 Å². The van der Waals surface area contributed by atoms with E-state index in [1.165, 1.54) is 0 Å². The highest BCUT2D eigenvalue weighted by Crippen LogP contribution is 2.45. The van der Waals surface area contributed by atoms with Crippen molar-refractivity contribution in [1.29, 1.82) is 0 Å². The Morgan fingerprint density at radius 1 is 1.21 bits per heavy atom. The molecule has 1 aromatic carbocycles. The molecule has 98 valence electrons. The monoisotopic (exact) mass is 253 g/mol. The number of rotatable bonds is 3. The second-order valence-corrected chi connectivity index (χ2v) is 5.53. The minimum atomic E-state index is -0.170. The highest BCUT2D eigenvalue weighted by Gasteiger charge is 2.48. The van der Waals surface area contributed by atoms with Gasteiger partial charge < -0.3 is 4.90 Å². The van der Waals surface area contributed by atoms with Crippen molar-refractivity contribution in [2.75, 3.05) is 13.1 Å². The molecule has 2 heteroatoms. The molecule has 0 atom stereocenters. The SMILES string of the molecule is C=CCC12CCN(CC1)/C(=C\c1ccccc1)C2=O. The Morgan fingerprint density at radius 2 is 1.89 bits per heavy atom. The Bertz CT molecular complexity index is 521. The van der Waals surface area contributed by atoms with Gasteiger partial charge in [-0.25, -0.2) is 0 Å². The summed E-state index contributed by atoms with van der Waals surface area (Å²) in [7, 11) is 0. The van der Waals surface area contributed by atoms with Crippen LogP contribution in [0.2, 0.25) is 0 Å². The number of Topliss-reactive ketones (excluding diaryl/α,β-unsaturated/α-hetero) is 1. The van der Waals surface area contributed by atoms with Gasteiger partial charge in [-0.1, -0.05) is 36.4 Å². The summed E-state index contributed by atoms with van der Waals surface area (Å²) in [4.78, 5) is 15.0. The van der Waals surface area contributed by atoms with Crippen LogP contribution in [0.3, 0.4) is 0 Å². The summed E-state index contributed by atoms with van der Waals surface area (Å²) in [6.07, 6.45) is 6.71. The maximum atomic E-state index is 12.7. The molecule has 0 saturated carbocycles. The lowest BCUT2D eigenvalue weighted by Gasteiger charge is -2.49. The number of carbonyl (C=O) groups excluding carboxylic acids is 1. The maximum absolute atomic E-state index is 12.7. The molecule has 3 fully saturated rings. The number of benzene rings is 1. The zero-order valence-electron chi connectivity index (χ0n) is 11.1. The van der Waals surface area contributed by atoms with Gasteiger partial charge >= 0.3 is 0 Å². The van der Waals surface area contributed by atoms with Crippen molar-refractivity contribution in [2.24, 2.45) is 5.41 Å². The normalized spacial score (nSPS) is 22.8. The van der Waals surface area contributed by atoms with E-state index in [2.05, 4.69) is 11.5 Å². The van der Waals surface area contributed by atoms with E-state index in [4.69, 9.17) is 0 Å². The standard InChI is InChI=1S/C17H19NO/c1-2-8-17-9-11-18(12-10-17)15(16(17)19)13-14-6-4-3-5-7-14/h2-7,13H,1,8-12H2/b15-13-. The van der Waals surface area contributed by atoms with Crippen LogP contribution >= 0.6 is 0 Å². The van der Waals surface area contributed by atoms with Gasteiger partial charge in [0.2, 0.25) is 0 Å². The highest BCUT2D eigenvalue weighted by atomic mass is 16.1. The highest BCUT2D eigenvalue weighted by molar-refractivity contribution is 6.04. The lowest BCUT2D eigenvalue weighted by atomic mass is 9.67. The van der Waals surface area contributed by atoms with Crippen LogP contribution in [0.4, 0.5) is 0 Å².